The van der Waals surface area contributed by atoms with E-state index in [1.54, 1.807) is 30.3 Å². The highest BCUT2D eigenvalue weighted by Crippen LogP contribution is 2.29. The summed E-state index contributed by atoms with van der Waals surface area (Å²) in [5.74, 6) is -1.11. The Morgan fingerprint density at radius 3 is 1.73 bits per heavy atom. The number of hydrogen-bond donors (Lipinski definition) is 2. The zero-order valence-corrected chi connectivity index (χ0v) is 13.7. The van der Waals surface area contributed by atoms with Crippen LogP contribution in [0.1, 0.15) is 15.9 Å². The van der Waals surface area contributed by atoms with E-state index in [9.17, 15) is 15.0 Å². The van der Waals surface area contributed by atoms with Gasteiger partial charge < -0.3 is 10.2 Å². The van der Waals surface area contributed by atoms with Crippen LogP contribution in [-0.2, 0) is 0 Å². The largest absolute Gasteiger partial charge is 0.508 e. The number of aromatic carboxylic acids is 1. The fraction of sp³-hybridized carbons (Fsp3) is 0. The normalized spacial score (nSPS) is 10.9. The third-order valence-electron chi connectivity index (χ3n) is 4.24. The molecule has 2 N–H and O–H groups in total. The molecule has 2 aromatic carbocycles. The molecule has 0 saturated heterocycles. The zero-order chi connectivity index (χ0) is 18.3. The molecule has 2 aromatic heterocycles. The molecule has 4 rings (SSSR count). The van der Waals surface area contributed by atoms with Crippen molar-refractivity contribution in [1.29, 1.82) is 0 Å². The van der Waals surface area contributed by atoms with Gasteiger partial charge in [-0.25, -0.2) is 14.8 Å². The molecule has 0 aliphatic carbocycles. The van der Waals surface area contributed by atoms with Crippen molar-refractivity contribution in [3.8, 4) is 11.4 Å². The van der Waals surface area contributed by atoms with Crippen molar-refractivity contribution in [2.24, 2.45) is 0 Å². The Balaban J connectivity index is 2.04. The van der Waals surface area contributed by atoms with Gasteiger partial charge in [-0.1, -0.05) is 43.0 Å². The molecule has 126 valence electrons. The number of benzene rings is 2. The lowest BCUT2D eigenvalue weighted by molar-refractivity contribution is 0.0699. The topological polar surface area (TPSA) is 83.3 Å². The minimum atomic E-state index is -1.03. The van der Waals surface area contributed by atoms with E-state index in [1.807, 2.05) is 24.3 Å². The Labute approximate surface area is 148 Å². The molecule has 0 radical (unpaired) electrons. The number of para-hydroxylation sites is 2. The minimum Gasteiger partial charge on any atom is -0.508 e. The molecule has 0 fully saturated rings. The fourth-order valence-corrected chi connectivity index (χ4v) is 3.03. The number of pyridine rings is 2. The smallest absolute Gasteiger partial charge is 0.336 e. The van der Waals surface area contributed by atoms with Crippen molar-refractivity contribution in [2.75, 3.05) is 0 Å². The van der Waals surface area contributed by atoms with Crippen LogP contribution in [0.25, 0.3) is 39.0 Å². The van der Waals surface area contributed by atoms with Crippen LogP contribution in [0.4, 0.5) is 0 Å². The lowest BCUT2D eigenvalue weighted by Gasteiger charge is -2.10. The lowest BCUT2D eigenvalue weighted by Crippen LogP contribution is -2.01. The summed E-state index contributed by atoms with van der Waals surface area (Å²) in [6, 6.07) is 17.6. The number of rotatable bonds is 3. The summed E-state index contributed by atoms with van der Waals surface area (Å²) in [6.07, 6.45) is 0. The van der Waals surface area contributed by atoms with Gasteiger partial charge in [0.1, 0.15) is 5.76 Å². The average Bonchev–Trinajstić information content (AvgIpc) is 2.66. The van der Waals surface area contributed by atoms with Gasteiger partial charge in [0.2, 0.25) is 0 Å². The molecule has 5 nitrogen and oxygen atoms in total. The van der Waals surface area contributed by atoms with Gasteiger partial charge in [0.25, 0.3) is 0 Å². The van der Waals surface area contributed by atoms with Gasteiger partial charge in [0, 0.05) is 16.3 Å². The molecular formula is C21H14N2O3. The highest BCUT2D eigenvalue weighted by molar-refractivity contribution is 6.04. The Hall–Kier alpha value is -3.73. The Kier molecular flexibility index (Phi) is 3.62. The van der Waals surface area contributed by atoms with Crippen LogP contribution in [0, 0.1) is 0 Å². The minimum absolute atomic E-state index is 0.0795. The highest BCUT2D eigenvalue weighted by atomic mass is 16.4. The standard InChI is InChI=1S/C21H14N2O3/c1-12(24)15-10-19(22-17-8-4-2-6-13(15)17)20-11-16(21(25)26)14-7-3-5-9-18(14)23-20/h2-11,24H,1H2,(H,25,26). The van der Waals surface area contributed by atoms with E-state index in [4.69, 9.17) is 0 Å². The second kappa shape index (κ2) is 5.97. The van der Waals surface area contributed by atoms with Crippen LogP contribution in [-0.4, -0.2) is 26.2 Å². The van der Waals surface area contributed by atoms with Gasteiger partial charge >= 0.3 is 5.97 Å². The number of aromatic nitrogens is 2. The molecule has 5 heteroatoms. The Morgan fingerprint density at radius 2 is 1.23 bits per heavy atom. The molecule has 0 atom stereocenters. The van der Waals surface area contributed by atoms with E-state index in [1.165, 1.54) is 6.07 Å². The van der Waals surface area contributed by atoms with Crippen molar-refractivity contribution in [3.05, 3.63) is 78.4 Å². The second-order valence-electron chi connectivity index (χ2n) is 5.90. The maximum atomic E-state index is 11.7. The predicted molar refractivity (Wildman–Crippen MR) is 101 cm³/mol. The van der Waals surface area contributed by atoms with E-state index in [-0.39, 0.29) is 11.3 Å². The van der Waals surface area contributed by atoms with E-state index in [0.717, 1.165) is 5.39 Å². The predicted octanol–water partition coefficient (Wildman–Crippen LogP) is 4.68. The first kappa shape index (κ1) is 15.8. The van der Waals surface area contributed by atoms with Crippen LogP contribution in [0.2, 0.25) is 0 Å². The number of carboxylic acids is 1. The summed E-state index contributed by atoms with van der Waals surface area (Å²) in [4.78, 5) is 20.8. The molecule has 4 aromatic rings. The summed E-state index contributed by atoms with van der Waals surface area (Å²) in [6.45, 7) is 3.62. The SMILES string of the molecule is C=C(O)c1cc(-c2cc(C(=O)O)c3ccccc3n2)nc2ccccc12. The molecule has 0 spiro atoms. The van der Waals surface area contributed by atoms with E-state index < -0.39 is 5.97 Å². The molecule has 0 unspecified atom stereocenters. The number of aliphatic hydroxyl groups is 1. The third-order valence-corrected chi connectivity index (χ3v) is 4.24. The molecule has 2 heterocycles. The molecular weight excluding hydrogens is 328 g/mol. The maximum absolute atomic E-state index is 11.7. The summed E-state index contributed by atoms with van der Waals surface area (Å²) in [7, 11) is 0. The molecule has 0 aliphatic rings. The van der Waals surface area contributed by atoms with Crippen LogP contribution < -0.4 is 0 Å². The van der Waals surface area contributed by atoms with E-state index >= 15 is 0 Å². The summed E-state index contributed by atoms with van der Waals surface area (Å²) in [5.41, 5.74) is 2.84. The van der Waals surface area contributed by atoms with E-state index in [0.29, 0.717) is 33.4 Å². The first-order chi connectivity index (χ1) is 12.5. The lowest BCUT2D eigenvalue weighted by atomic mass is 10.0. The number of carboxylic acid groups (broad SMARTS) is 1. The van der Waals surface area contributed by atoms with E-state index in [2.05, 4.69) is 16.5 Å². The van der Waals surface area contributed by atoms with Crippen LogP contribution >= 0.6 is 0 Å². The first-order valence-electron chi connectivity index (χ1n) is 7.96. The van der Waals surface area contributed by atoms with Gasteiger partial charge in [-0.15, -0.1) is 0 Å². The number of hydrogen-bond acceptors (Lipinski definition) is 4. The van der Waals surface area contributed by atoms with Crippen LogP contribution in [0.5, 0.6) is 0 Å². The van der Waals surface area contributed by atoms with Gasteiger partial charge in [-0.05, 0) is 24.3 Å². The second-order valence-corrected chi connectivity index (χ2v) is 5.90. The fourth-order valence-electron chi connectivity index (χ4n) is 3.03. The average molecular weight is 342 g/mol. The van der Waals surface area contributed by atoms with Crippen LogP contribution in [0.15, 0.2) is 67.2 Å². The third kappa shape index (κ3) is 2.56. The molecule has 0 saturated carbocycles. The molecule has 0 bridgehead atoms. The van der Waals surface area contributed by atoms with Gasteiger partial charge in [-0.3, -0.25) is 0 Å². The molecule has 0 amide bonds. The Bertz CT molecular complexity index is 1100. The summed E-state index contributed by atoms with van der Waals surface area (Å²) in [5, 5.41) is 20.9. The summed E-state index contributed by atoms with van der Waals surface area (Å²) >= 11 is 0. The Morgan fingerprint density at radius 1 is 0.769 bits per heavy atom. The number of nitrogens with zero attached hydrogens (tertiary/aromatic N) is 2. The first-order valence-corrected chi connectivity index (χ1v) is 7.96. The van der Waals surface area contributed by atoms with Crippen LogP contribution in [0.3, 0.4) is 0 Å². The number of fused-ring (bicyclic) bond motifs is 2. The molecule has 26 heavy (non-hydrogen) atoms. The van der Waals surface area contributed by atoms with Gasteiger partial charge in [0.05, 0.1) is 28.0 Å². The quantitative estimate of drug-likeness (QED) is 0.528. The van der Waals surface area contributed by atoms with Gasteiger partial charge in [-0.2, -0.15) is 0 Å². The summed E-state index contributed by atoms with van der Waals surface area (Å²) < 4.78 is 0. The monoisotopic (exact) mass is 342 g/mol. The van der Waals surface area contributed by atoms with Crippen molar-refractivity contribution < 1.29 is 15.0 Å². The highest BCUT2D eigenvalue weighted by Gasteiger charge is 2.15. The van der Waals surface area contributed by atoms with Crippen molar-refractivity contribution in [1.82, 2.24) is 9.97 Å². The van der Waals surface area contributed by atoms with Crippen molar-refractivity contribution >= 4 is 33.5 Å². The molecule has 0 aliphatic heterocycles. The maximum Gasteiger partial charge on any atom is 0.336 e. The van der Waals surface area contributed by atoms with Gasteiger partial charge in [0.15, 0.2) is 0 Å². The number of carbonyl (C=O) groups is 1. The van der Waals surface area contributed by atoms with Crippen molar-refractivity contribution in [3.63, 3.8) is 0 Å². The number of aliphatic hydroxyl groups excluding tert-OH is 1. The van der Waals surface area contributed by atoms with Crippen molar-refractivity contribution in [2.45, 2.75) is 0 Å². The zero-order valence-electron chi connectivity index (χ0n) is 13.7.